The Bertz CT molecular complexity index is 1100. The first kappa shape index (κ1) is 19.5. The number of nitrogens with zero attached hydrogens (tertiary/aromatic N) is 2. The topological polar surface area (TPSA) is 56.1 Å². The lowest BCUT2D eigenvalue weighted by molar-refractivity contribution is 0.102. The third-order valence-corrected chi connectivity index (χ3v) is 4.84. The highest BCUT2D eigenvalue weighted by atomic mass is 16.5. The summed E-state index contributed by atoms with van der Waals surface area (Å²) in [6.07, 6.45) is 4.36. The third kappa shape index (κ3) is 4.75. The molecule has 0 spiro atoms. The lowest BCUT2D eigenvalue weighted by atomic mass is 10.0. The highest BCUT2D eigenvalue weighted by Gasteiger charge is 2.08. The van der Waals surface area contributed by atoms with Gasteiger partial charge in [-0.25, -0.2) is 4.68 Å². The molecule has 30 heavy (non-hydrogen) atoms. The molecule has 4 aromatic rings. The Kier molecular flexibility index (Phi) is 5.90. The van der Waals surface area contributed by atoms with Crippen LogP contribution < -0.4 is 10.1 Å². The number of benzene rings is 3. The second kappa shape index (κ2) is 9.09. The smallest absolute Gasteiger partial charge is 0.255 e. The Hall–Kier alpha value is -3.86. The highest BCUT2D eigenvalue weighted by Crippen LogP contribution is 2.20. The summed E-state index contributed by atoms with van der Waals surface area (Å²) in [5.74, 6) is 0.608. The first-order valence-corrected chi connectivity index (χ1v) is 9.92. The predicted octanol–water partition coefficient (Wildman–Crippen LogP) is 5.40. The van der Waals surface area contributed by atoms with E-state index >= 15 is 0 Å². The molecular formula is C25H23N3O2. The van der Waals surface area contributed by atoms with Crippen LogP contribution in [0.1, 0.15) is 22.8 Å². The van der Waals surface area contributed by atoms with E-state index in [1.165, 1.54) is 5.56 Å². The van der Waals surface area contributed by atoms with Gasteiger partial charge < -0.3 is 10.1 Å². The SMILES string of the molecule is CCc1ccc(OCn2cc(NC(=O)c3ccc(-c4ccccc4)cc3)cn2)cc1. The first-order chi connectivity index (χ1) is 14.7. The van der Waals surface area contributed by atoms with Crippen molar-refractivity contribution >= 4 is 11.6 Å². The number of anilines is 1. The molecule has 1 heterocycles. The van der Waals surface area contributed by atoms with E-state index in [-0.39, 0.29) is 12.6 Å². The molecule has 4 rings (SSSR count). The van der Waals surface area contributed by atoms with Gasteiger partial charge in [0.1, 0.15) is 5.75 Å². The second-order valence-corrected chi connectivity index (χ2v) is 6.94. The second-order valence-electron chi connectivity index (χ2n) is 6.94. The van der Waals surface area contributed by atoms with Crippen molar-refractivity contribution < 1.29 is 9.53 Å². The standard InChI is InChI=1S/C25H23N3O2/c1-2-19-8-14-24(15-9-19)30-18-28-17-23(16-26-28)27-25(29)22-12-10-21(11-13-22)20-6-4-3-5-7-20/h3-17H,2,18H2,1H3,(H,27,29). The number of aromatic nitrogens is 2. The minimum atomic E-state index is -0.176. The van der Waals surface area contributed by atoms with Crippen molar-refractivity contribution in [3.63, 3.8) is 0 Å². The van der Waals surface area contributed by atoms with Crippen LogP contribution in [-0.4, -0.2) is 15.7 Å². The minimum Gasteiger partial charge on any atom is -0.471 e. The van der Waals surface area contributed by atoms with Crippen molar-refractivity contribution in [1.82, 2.24) is 9.78 Å². The third-order valence-electron chi connectivity index (χ3n) is 4.84. The van der Waals surface area contributed by atoms with Crippen LogP contribution in [0, 0.1) is 0 Å². The fraction of sp³-hybridized carbons (Fsp3) is 0.120. The predicted molar refractivity (Wildman–Crippen MR) is 119 cm³/mol. The van der Waals surface area contributed by atoms with Crippen LogP contribution in [0.25, 0.3) is 11.1 Å². The molecule has 0 saturated carbocycles. The van der Waals surface area contributed by atoms with Gasteiger partial charge in [0, 0.05) is 5.56 Å². The molecule has 0 aliphatic heterocycles. The van der Waals surface area contributed by atoms with E-state index in [1.54, 1.807) is 17.1 Å². The maximum Gasteiger partial charge on any atom is 0.255 e. The number of carbonyl (C=O) groups is 1. The van der Waals surface area contributed by atoms with E-state index in [0.29, 0.717) is 11.3 Å². The summed E-state index contributed by atoms with van der Waals surface area (Å²) in [6, 6.07) is 25.6. The molecule has 0 radical (unpaired) electrons. The Labute approximate surface area is 175 Å². The van der Waals surface area contributed by atoms with Crippen LogP contribution in [0.5, 0.6) is 5.75 Å². The average Bonchev–Trinajstić information content (AvgIpc) is 3.26. The van der Waals surface area contributed by atoms with Crippen LogP contribution >= 0.6 is 0 Å². The van der Waals surface area contributed by atoms with Crippen LogP contribution in [0.3, 0.4) is 0 Å². The van der Waals surface area contributed by atoms with Crippen molar-refractivity contribution in [2.75, 3.05) is 5.32 Å². The quantitative estimate of drug-likeness (QED) is 0.454. The molecule has 0 atom stereocenters. The molecule has 1 amide bonds. The molecule has 5 nitrogen and oxygen atoms in total. The number of amides is 1. The first-order valence-electron chi connectivity index (χ1n) is 9.92. The van der Waals surface area contributed by atoms with E-state index in [2.05, 4.69) is 17.3 Å². The van der Waals surface area contributed by atoms with Gasteiger partial charge in [0.05, 0.1) is 18.1 Å². The maximum absolute atomic E-state index is 12.5. The van der Waals surface area contributed by atoms with E-state index < -0.39 is 0 Å². The molecule has 3 aromatic carbocycles. The normalized spacial score (nSPS) is 10.6. The van der Waals surface area contributed by atoms with E-state index in [0.717, 1.165) is 23.3 Å². The largest absolute Gasteiger partial charge is 0.471 e. The van der Waals surface area contributed by atoms with Gasteiger partial charge in [0.25, 0.3) is 5.91 Å². The number of ether oxygens (including phenoxy) is 1. The molecule has 0 aliphatic carbocycles. The fourth-order valence-electron chi connectivity index (χ4n) is 3.11. The molecular weight excluding hydrogens is 374 g/mol. The molecule has 0 bridgehead atoms. The van der Waals surface area contributed by atoms with Crippen molar-refractivity contribution in [3.8, 4) is 16.9 Å². The zero-order valence-corrected chi connectivity index (χ0v) is 16.8. The number of hydrogen-bond acceptors (Lipinski definition) is 3. The molecule has 1 N–H and O–H groups in total. The van der Waals surface area contributed by atoms with Crippen molar-refractivity contribution in [2.24, 2.45) is 0 Å². The van der Waals surface area contributed by atoms with E-state index in [4.69, 9.17) is 4.74 Å². The van der Waals surface area contributed by atoms with Crippen LogP contribution in [0.15, 0.2) is 91.3 Å². The number of hydrogen-bond donors (Lipinski definition) is 1. The summed E-state index contributed by atoms with van der Waals surface area (Å²) in [5, 5.41) is 7.12. The summed E-state index contributed by atoms with van der Waals surface area (Å²) in [5.41, 5.74) is 4.68. The summed E-state index contributed by atoms with van der Waals surface area (Å²) >= 11 is 0. The maximum atomic E-state index is 12.5. The van der Waals surface area contributed by atoms with Gasteiger partial charge in [-0.3, -0.25) is 4.79 Å². The van der Waals surface area contributed by atoms with E-state index in [1.807, 2.05) is 78.9 Å². The number of rotatable bonds is 7. The Morgan fingerprint density at radius 2 is 1.63 bits per heavy atom. The van der Waals surface area contributed by atoms with Crippen LogP contribution in [0.2, 0.25) is 0 Å². The molecule has 5 heteroatoms. The summed E-state index contributed by atoms with van der Waals surface area (Å²) < 4.78 is 7.38. The number of carbonyl (C=O) groups excluding carboxylic acids is 1. The van der Waals surface area contributed by atoms with Gasteiger partial charge in [0.15, 0.2) is 6.73 Å². The van der Waals surface area contributed by atoms with Crippen LogP contribution in [0.4, 0.5) is 5.69 Å². The summed E-state index contributed by atoms with van der Waals surface area (Å²) in [7, 11) is 0. The van der Waals surface area contributed by atoms with Gasteiger partial charge >= 0.3 is 0 Å². The van der Waals surface area contributed by atoms with Gasteiger partial charge in [0.2, 0.25) is 0 Å². The van der Waals surface area contributed by atoms with Crippen molar-refractivity contribution in [3.05, 3.63) is 102 Å². The summed E-state index contributed by atoms with van der Waals surface area (Å²) in [4.78, 5) is 12.5. The average molecular weight is 397 g/mol. The van der Waals surface area contributed by atoms with E-state index in [9.17, 15) is 4.79 Å². The van der Waals surface area contributed by atoms with Crippen molar-refractivity contribution in [2.45, 2.75) is 20.1 Å². The number of aryl methyl sites for hydroxylation is 1. The van der Waals surface area contributed by atoms with Gasteiger partial charge in [-0.1, -0.05) is 61.5 Å². The Balaban J connectivity index is 1.34. The zero-order valence-electron chi connectivity index (χ0n) is 16.8. The fourth-order valence-corrected chi connectivity index (χ4v) is 3.11. The zero-order chi connectivity index (χ0) is 20.8. The van der Waals surface area contributed by atoms with Crippen LogP contribution in [-0.2, 0) is 13.2 Å². The van der Waals surface area contributed by atoms with Crippen molar-refractivity contribution in [1.29, 1.82) is 0 Å². The molecule has 1 aromatic heterocycles. The van der Waals surface area contributed by atoms with Gasteiger partial charge in [-0.05, 0) is 47.4 Å². The Morgan fingerprint density at radius 3 is 2.33 bits per heavy atom. The van der Waals surface area contributed by atoms with Gasteiger partial charge in [-0.15, -0.1) is 0 Å². The minimum absolute atomic E-state index is 0.176. The van der Waals surface area contributed by atoms with Gasteiger partial charge in [-0.2, -0.15) is 5.10 Å². The summed E-state index contributed by atoms with van der Waals surface area (Å²) in [6.45, 7) is 2.39. The number of nitrogens with one attached hydrogen (secondary N) is 1. The molecule has 150 valence electrons. The Morgan fingerprint density at radius 1 is 0.933 bits per heavy atom. The monoisotopic (exact) mass is 397 g/mol. The molecule has 0 unspecified atom stereocenters. The lowest BCUT2D eigenvalue weighted by Gasteiger charge is -2.07. The lowest BCUT2D eigenvalue weighted by Crippen LogP contribution is -2.11. The molecule has 0 fully saturated rings. The molecule has 0 aliphatic rings. The molecule has 0 saturated heterocycles. The highest BCUT2D eigenvalue weighted by molar-refractivity contribution is 6.04.